The van der Waals surface area contributed by atoms with Gasteiger partial charge in [-0.1, -0.05) is 6.42 Å². The van der Waals surface area contributed by atoms with Gasteiger partial charge < -0.3 is 4.90 Å². The predicted octanol–water partition coefficient (Wildman–Crippen LogP) is 0.905. The molecular formula is C8H14N3O4-. The number of piperidine rings is 1. The molecule has 7 nitrogen and oxygen atoms in total. The molecule has 1 rings (SSSR count). The summed E-state index contributed by atoms with van der Waals surface area (Å²) in [6.45, 7) is 2.20. The molecule has 86 valence electrons. The van der Waals surface area contributed by atoms with E-state index in [0.29, 0.717) is 6.54 Å². The van der Waals surface area contributed by atoms with Crippen molar-refractivity contribution in [2.75, 3.05) is 19.6 Å². The summed E-state index contributed by atoms with van der Waals surface area (Å²) in [5.74, 6) is 0. The lowest BCUT2D eigenvalue weighted by atomic mass is 10.1. The van der Waals surface area contributed by atoms with E-state index in [1.807, 2.05) is 4.90 Å². The Balaban J connectivity index is 2.32. The largest absolute Gasteiger partial charge is 0.305 e. The van der Waals surface area contributed by atoms with Gasteiger partial charge in [0.15, 0.2) is 0 Å². The zero-order valence-corrected chi connectivity index (χ0v) is 8.42. The fourth-order valence-corrected chi connectivity index (χ4v) is 1.69. The van der Waals surface area contributed by atoms with E-state index in [1.165, 1.54) is 6.42 Å². The Labute approximate surface area is 87.4 Å². The van der Waals surface area contributed by atoms with Crippen molar-refractivity contribution in [1.82, 2.24) is 4.90 Å². The second kappa shape index (κ2) is 5.50. The molecule has 0 aromatic heterocycles. The normalized spacial score (nSPS) is 17.3. The summed E-state index contributed by atoms with van der Waals surface area (Å²) in [4.78, 5) is 20.9. The molecule has 7 heteroatoms. The molecule has 0 N–H and O–H groups in total. The van der Waals surface area contributed by atoms with Gasteiger partial charge in [-0.05, 0) is 48.7 Å². The highest BCUT2D eigenvalue weighted by molar-refractivity contribution is 4.69. The molecular weight excluding hydrogens is 202 g/mol. The standard InChI is InChI=1S/C8H14N3O4/c12-10(13)8(11(14)15)4-7-9-5-2-1-3-6-9/h1-7H2/q-1. The minimum Gasteiger partial charge on any atom is -0.305 e. The van der Waals surface area contributed by atoms with Crippen LogP contribution >= 0.6 is 0 Å². The van der Waals surface area contributed by atoms with Crippen LogP contribution in [0.1, 0.15) is 25.7 Å². The molecule has 0 aromatic carbocycles. The summed E-state index contributed by atoms with van der Waals surface area (Å²) >= 11 is 0. The van der Waals surface area contributed by atoms with Crippen LogP contribution in [-0.2, 0) is 0 Å². The van der Waals surface area contributed by atoms with Crippen LogP contribution in [0.25, 0.3) is 0 Å². The molecule has 1 aliphatic heterocycles. The number of rotatable bonds is 5. The summed E-state index contributed by atoms with van der Waals surface area (Å²) in [6, 6.07) is 0. The third-order valence-electron chi connectivity index (χ3n) is 2.52. The van der Waals surface area contributed by atoms with Crippen molar-refractivity contribution in [2.24, 2.45) is 0 Å². The molecule has 1 fully saturated rings. The Morgan fingerprint density at radius 1 is 1.07 bits per heavy atom. The predicted molar refractivity (Wildman–Crippen MR) is 52.1 cm³/mol. The van der Waals surface area contributed by atoms with Crippen molar-refractivity contribution in [1.29, 1.82) is 0 Å². The monoisotopic (exact) mass is 216 g/mol. The van der Waals surface area contributed by atoms with Gasteiger partial charge in [0.25, 0.3) is 6.17 Å². The van der Waals surface area contributed by atoms with E-state index in [-0.39, 0.29) is 6.42 Å². The van der Waals surface area contributed by atoms with Crippen molar-refractivity contribution < 1.29 is 9.85 Å². The Morgan fingerprint density at radius 2 is 1.60 bits per heavy atom. The van der Waals surface area contributed by atoms with Gasteiger partial charge in [-0.25, -0.2) is 0 Å². The van der Waals surface area contributed by atoms with Crippen LogP contribution < -0.4 is 0 Å². The van der Waals surface area contributed by atoms with Crippen LogP contribution in [0.5, 0.6) is 0 Å². The van der Waals surface area contributed by atoms with Crippen LogP contribution in [0.4, 0.5) is 0 Å². The second-order valence-electron chi connectivity index (χ2n) is 3.58. The van der Waals surface area contributed by atoms with Gasteiger partial charge in [-0.15, -0.1) is 0 Å². The van der Waals surface area contributed by atoms with Gasteiger partial charge >= 0.3 is 0 Å². The Bertz CT molecular complexity index is 226. The summed E-state index contributed by atoms with van der Waals surface area (Å²) in [6.07, 6.45) is 2.44. The second-order valence-corrected chi connectivity index (χ2v) is 3.58. The first-order chi connectivity index (χ1) is 7.11. The molecule has 0 bridgehead atoms. The quantitative estimate of drug-likeness (QED) is 0.387. The summed E-state index contributed by atoms with van der Waals surface area (Å²) in [5.41, 5.74) is 0. The van der Waals surface area contributed by atoms with Gasteiger partial charge in [0.05, 0.1) is 0 Å². The van der Waals surface area contributed by atoms with E-state index in [0.717, 1.165) is 25.9 Å². The molecule has 0 radical (unpaired) electrons. The molecule has 0 unspecified atom stereocenters. The number of nitro groups is 2. The molecule has 0 aliphatic carbocycles. The fraction of sp³-hybridized carbons (Fsp3) is 0.875. The first kappa shape index (κ1) is 11.7. The molecule has 1 aliphatic rings. The fourth-order valence-electron chi connectivity index (χ4n) is 1.69. The Kier molecular flexibility index (Phi) is 4.29. The van der Waals surface area contributed by atoms with Crippen LogP contribution in [-0.4, -0.2) is 34.4 Å². The maximum absolute atomic E-state index is 10.3. The van der Waals surface area contributed by atoms with E-state index in [9.17, 15) is 20.2 Å². The van der Waals surface area contributed by atoms with Crippen LogP contribution in [0, 0.1) is 26.4 Å². The zero-order valence-electron chi connectivity index (χ0n) is 8.42. The molecule has 0 saturated carbocycles. The molecule has 0 aromatic rings. The summed E-state index contributed by atoms with van der Waals surface area (Å²) in [5, 5.41) is 20.6. The van der Waals surface area contributed by atoms with Gasteiger partial charge in [-0.2, -0.15) is 0 Å². The lowest BCUT2D eigenvalue weighted by molar-refractivity contribution is -0.672. The average molecular weight is 216 g/mol. The third-order valence-corrected chi connectivity index (χ3v) is 2.52. The smallest absolute Gasteiger partial charge is 0.265 e. The van der Waals surface area contributed by atoms with Crippen LogP contribution in [0.2, 0.25) is 0 Å². The van der Waals surface area contributed by atoms with E-state index in [4.69, 9.17) is 0 Å². The number of hydrogen-bond donors (Lipinski definition) is 0. The lowest BCUT2D eigenvalue weighted by Crippen LogP contribution is -2.33. The molecule has 1 saturated heterocycles. The molecule has 0 spiro atoms. The minimum atomic E-state index is -0.899. The van der Waals surface area contributed by atoms with Crippen molar-refractivity contribution >= 4 is 0 Å². The van der Waals surface area contributed by atoms with Gasteiger partial charge in [-0.3, -0.25) is 20.2 Å². The van der Waals surface area contributed by atoms with Gasteiger partial charge in [0.2, 0.25) is 0 Å². The third kappa shape index (κ3) is 3.70. The van der Waals surface area contributed by atoms with Crippen LogP contribution in [0.3, 0.4) is 0 Å². The Hall–Kier alpha value is -1.37. The van der Waals surface area contributed by atoms with Gasteiger partial charge in [0.1, 0.15) is 0 Å². The molecule has 1 heterocycles. The number of likely N-dealkylation sites (tertiary alicyclic amines) is 1. The molecule has 15 heavy (non-hydrogen) atoms. The maximum atomic E-state index is 10.3. The van der Waals surface area contributed by atoms with E-state index >= 15 is 0 Å². The van der Waals surface area contributed by atoms with E-state index in [2.05, 4.69) is 0 Å². The highest BCUT2D eigenvalue weighted by Crippen LogP contribution is 2.13. The Morgan fingerprint density at radius 3 is 2.07 bits per heavy atom. The van der Waals surface area contributed by atoms with E-state index < -0.39 is 16.0 Å². The lowest BCUT2D eigenvalue weighted by Gasteiger charge is -2.27. The summed E-state index contributed by atoms with van der Waals surface area (Å²) in [7, 11) is 0. The first-order valence-electron chi connectivity index (χ1n) is 4.98. The van der Waals surface area contributed by atoms with Crippen molar-refractivity contribution in [3.8, 4) is 0 Å². The minimum absolute atomic E-state index is 0.0833. The number of hydrogen-bond acceptors (Lipinski definition) is 5. The highest BCUT2D eigenvalue weighted by Gasteiger charge is 2.20. The van der Waals surface area contributed by atoms with Crippen LogP contribution in [0.15, 0.2) is 0 Å². The topological polar surface area (TPSA) is 89.5 Å². The maximum Gasteiger partial charge on any atom is 0.265 e. The van der Waals surface area contributed by atoms with Crippen molar-refractivity contribution in [3.05, 3.63) is 26.4 Å². The van der Waals surface area contributed by atoms with E-state index in [1.54, 1.807) is 0 Å². The summed E-state index contributed by atoms with van der Waals surface area (Å²) < 4.78 is 0. The first-order valence-corrected chi connectivity index (χ1v) is 4.98. The average Bonchev–Trinajstić information content (AvgIpc) is 2.18. The molecule has 0 amide bonds. The zero-order chi connectivity index (χ0) is 11.3. The van der Waals surface area contributed by atoms with Crippen molar-refractivity contribution in [3.63, 3.8) is 0 Å². The van der Waals surface area contributed by atoms with Crippen molar-refractivity contribution in [2.45, 2.75) is 25.7 Å². The SMILES string of the molecule is O=[N+]([O-])[C-](CCN1CCCCC1)[N+](=O)[O-]. The van der Waals surface area contributed by atoms with Gasteiger partial charge in [0, 0.05) is 0 Å². The number of nitrogens with zero attached hydrogens (tertiary/aromatic N) is 3. The molecule has 0 atom stereocenters. The highest BCUT2D eigenvalue weighted by atomic mass is 16.7.